The standard InChI is InChI=1S/C35H65N9O4.C2HF3O2/c1-2-3-4-5-6-7-8-15-32(46)44-31(27-28-16-18-29(45)19-17-28)34(48)42-26-13-23-40-21-10-9-20-39-22-12-25-41-33(47)30(36)14-11-24-43-35(37)38;3-2(4,5)1(6)7/h16-19,30-31,39-40,45H,2-15,20-27,36H2,1H3,(H,41,47)(H,42,48)(H,44,46)(H4,37,38,43);(H,6,7)/t30-,31?;/m0./s1. The van der Waals surface area contributed by atoms with Gasteiger partial charge in [0.05, 0.1) is 6.04 Å². The minimum Gasteiger partial charge on any atom is -0.508 e. The average Bonchev–Trinajstić information content (AvgIpc) is 3.13. The number of carbonyl (C=O) groups excluding carboxylic acids is 3. The smallest absolute Gasteiger partial charge is 0.490 e. The van der Waals surface area contributed by atoms with Gasteiger partial charge in [0.15, 0.2) is 5.96 Å². The number of alkyl halides is 3. The second-order valence-corrected chi connectivity index (χ2v) is 13.2. The molecule has 0 saturated carbocycles. The predicted octanol–water partition coefficient (Wildman–Crippen LogP) is 2.55. The zero-order valence-corrected chi connectivity index (χ0v) is 32.4. The molecule has 0 saturated heterocycles. The van der Waals surface area contributed by atoms with Crippen LogP contribution in [0.1, 0.15) is 102 Å². The Bertz CT molecular complexity index is 1220. The third-order valence-corrected chi connectivity index (χ3v) is 8.20. The molecule has 15 nitrogen and oxygen atoms in total. The number of nitrogens with zero attached hydrogens (tertiary/aromatic N) is 1. The summed E-state index contributed by atoms with van der Waals surface area (Å²) in [4.78, 5) is 50.5. The Morgan fingerprint density at radius 2 is 1.25 bits per heavy atom. The molecule has 0 bridgehead atoms. The molecular weight excluding hydrogens is 723 g/mol. The number of carbonyl (C=O) groups is 4. The molecule has 18 heteroatoms. The summed E-state index contributed by atoms with van der Waals surface area (Å²) < 4.78 is 31.7. The molecule has 3 amide bonds. The Kier molecular flexibility index (Phi) is 29.7. The first kappa shape index (κ1) is 50.8. The fourth-order valence-electron chi connectivity index (χ4n) is 5.09. The summed E-state index contributed by atoms with van der Waals surface area (Å²) in [6, 6.07) is 5.52. The number of halogens is 3. The number of phenols is 1. The summed E-state index contributed by atoms with van der Waals surface area (Å²) in [5.41, 5.74) is 17.3. The summed E-state index contributed by atoms with van der Waals surface area (Å²) >= 11 is 0. The number of nitrogens with one attached hydrogen (secondary N) is 5. The number of amides is 3. The van der Waals surface area contributed by atoms with Gasteiger partial charge < -0.3 is 54.0 Å². The molecule has 1 rings (SSSR count). The van der Waals surface area contributed by atoms with E-state index in [4.69, 9.17) is 27.1 Å². The normalized spacial score (nSPS) is 12.1. The first-order chi connectivity index (χ1) is 26.2. The molecule has 0 spiro atoms. The van der Waals surface area contributed by atoms with E-state index >= 15 is 0 Å². The Morgan fingerprint density at radius 3 is 1.78 bits per heavy atom. The topological polar surface area (TPSA) is 259 Å². The number of nitrogens with two attached hydrogens (primary N) is 3. The minimum absolute atomic E-state index is 0.0424. The first-order valence-electron chi connectivity index (χ1n) is 19.3. The van der Waals surface area contributed by atoms with E-state index in [2.05, 4.69) is 38.5 Å². The van der Waals surface area contributed by atoms with E-state index in [9.17, 15) is 32.7 Å². The Morgan fingerprint density at radius 1 is 0.745 bits per heavy atom. The lowest BCUT2D eigenvalue weighted by Crippen LogP contribution is -2.48. The number of aromatic hydroxyl groups is 1. The second-order valence-electron chi connectivity index (χ2n) is 13.2. The van der Waals surface area contributed by atoms with Gasteiger partial charge in [-0.1, -0.05) is 57.6 Å². The van der Waals surface area contributed by atoms with Crippen LogP contribution in [-0.4, -0.2) is 104 Å². The van der Waals surface area contributed by atoms with Crippen molar-refractivity contribution >= 4 is 29.7 Å². The van der Waals surface area contributed by atoms with Crippen molar-refractivity contribution in [2.24, 2.45) is 22.2 Å². The molecule has 0 radical (unpaired) electrons. The number of aliphatic carboxylic acids is 1. The largest absolute Gasteiger partial charge is 0.508 e. The van der Waals surface area contributed by atoms with Gasteiger partial charge in [0.25, 0.3) is 0 Å². The fourth-order valence-corrected chi connectivity index (χ4v) is 5.09. The van der Waals surface area contributed by atoms with Gasteiger partial charge >= 0.3 is 12.1 Å². The molecule has 0 heterocycles. The average molecular weight is 790 g/mol. The van der Waals surface area contributed by atoms with Crippen LogP contribution in [0.2, 0.25) is 0 Å². The molecule has 1 aromatic carbocycles. The zero-order valence-electron chi connectivity index (χ0n) is 32.4. The number of carboxylic acids is 1. The molecule has 0 fully saturated rings. The van der Waals surface area contributed by atoms with E-state index in [0.29, 0.717) is 45.3 Å². The number of unbranched alkanes of at least 4 members (excludes halogenated alkanes) is 7. The number of carboxylic acid groups (broad SMARTS) is 1. The molecule has 13 N–H and O–H groups in total. The van der Waals surface area contributed by atoms with Crippen LogP contribution in [0.4, 0.5) is 13.2 Å². The maximum atomic E-state index is 13.0. The van der Waals surface area contributed by atoms with Crippen molar-refractivity contribution in [1.82, 2.24) is 26.6 Å². The fraction of sp³-hybridized carbons (Fsp3) is 0.703. The predicted molar refractivity (Wildman–Crippen MR) is 208 cm³/mol. The molecule has 0 aliphatic carbocycles. The number of rotatable bonds is 30. The van der Waals surface area contributed by atoms with Crippen LogP contribution in [0.5, 0.6) is 5.75 Å². The van der Waals surface area contributed by atoms with Crippen LogP contribution >= 0.6 is 0 Å². The van der Waals surface area contributed by atoms with Gasteiger partial charge in [-0.3, -0.25) is 19.4 Å². The Balaban J connectivity index is 0.00000377. The summed E-state index contributed by atoms with van der Waals surface area (Å²) in [5.74, 6) is -2.99. The lowest BCUT2D eigenvalue weighted by molar-refractivity contribution is -0.192. The maximum Gasteiger partial charge on any atom is 0.490 e. The van der Waals surface area contributed by atoms with Crippen LogP contribution in [-0.2, 0) is 25.6 Å². The third kappa shape index (κ3) is 30.8. The van der Waals surface area contributed by atoms with E-state index in [-0.39, 0.29) is 29.4 Å². The molecule has 0 aliphatic heterocycles. The van der Waals surface area contributed by atoms with Gasteiger partial charge in [-0.25, -0.2) is 4.79 Å². The van der Waals surface area contributed by atoms with Crippen molar-refractivity contribution in [2.45, 2.75) is 121 Å². The van der Waals surface area contributed by atoms with Gasteiger partial charge in [0.1, 0.15) is 11.8 Å². The minimum atomic E-state index is -5.08. The van der Waals surface area contributed by atoms with Crippen molar-refractivity contribution in [3.63, 3.8) is 0 Å². The Labute approximate surface area is 323 Å². The molecule has 316 valence electrons. The van der Waals surface area contributed by atoms with Gasteiger partial charge in [0, 0.05) is 32.5 Å². The van der Waals surface area contributed by atoms with E-state index in [1.54, 1.807) is 24.3 Å². The summed E-state index contributed by atoms with van der Waals surface area (Å²) in [5, 5.41) is 32.3. The van der Waals surface area contributed by atoms with Crippen molar-refractivity contribution in [3.05, 3.63) is 29.8 Å². The number of phenolic OH excluding ortho intramolecular Hbond substituents is 1. The molecule has 0 aliphatic rings. The van der Waals surface area contributed by atoms with Crippen LogP contribution in [0.25, 0.3) is 0 Å². The highest BCUT2D eigenvalue weighted by Crippen LogP contribution is 2.14. The van der Waals surface area contributed by atoms with Crippen LogP contribution in [0, 0.1) is 0 Å². The SMILES string of the molecule is CCCCCCCCCC(=O)NC(Cc1ccc(O)cc1)C(=O)NCCCNCCCCNCCCNC(=O)[C@@H](N)CCCN=C(N)N.O=C(O)C(F)(F)F. The lowest BCUT2D eigenvalue weighted by atomic mass is 10.0. The van der Waals surface area contributed by atoms with Gasteiger partial charge in [-0.2, -0.15) is 13.2 Å². The number of benzene rings is 1. The van der Waals surface area contributed by atoms with Gasteiger partial charge in [-0.15, -0.1) is 0 Å². The molecule has 2 atom stereocenters. The summed E-state index contributed by atoms with van der Waals surface area (Å²) in [6.07, 6.45) is 8.51. The number of hydrogen-bond donors (Lipinski definition) is 10. The summed E-state index contributed by atoms with van der Waals surface area (Å²) in [7, 11) is 0. The third-order valence-electron chi connectivity index (χ3n) is 8.20. The van der Waals surface area contributed by atoms with Crippen molar-refractivity contribution in [1.29, 1.82) is 0 Å². The molecule has 55 heavy (non-hydrogen) atoms. The lowest BCUT2D eigenvalue weighted by Gasteiger charge is -2.19. The van der Waals surface area contributed by atoms with E-state index < -0.39 is 24.2 Å². The highest BCUT2D eigenvalue weighted by Gasteiger charge is 2.38. The first-order valence-corrected chi connectivity index (χ1v) is 19.3. The number of aliphatic imine (C=N–C) groups is 1. The monoisotopic (exact) mass is 790 g/mol. The number of guanidine groups is 1. The summed E-state index contributed by atoms with van der Waals surface area (Å²) in [6.45, 7) is 7.17. The van der Waals surface area contributed by atoms with Crippen LogP contribution < -0.4 is 43.8 Å². The van der Waals surface area contributed by atoms with Gasteiger partial charge in [-0.05, 0) is 88.8 Å². The van der Waals surface area contributed by atoms with Crippen LogP contribution in [0.3, 0.4) is 0 Å². The Hall–Kier alpha value is -4.16. The van der Waals surface area contributed by atoms with E-state index in [0.717, 1.165) is 76.7 Å². The van der Waals surface area contributed by atoms with E-state index in [1.807, 2.05) is 0 Å². The maximum absolute atomic E-state index is 13.0. The van der Waals surface area contributed by atoms with Crippen LogP contribution in [0.15, 0.2) is 29.3 Å². The molecule has 1 unspecified atom stereocenters. The zero-order chi connectivity index (χ0) is 41.3. The highest BCUT2D eigenvalue weighted by atomic mass is 19.4. The molecular formula is C37H66F3N9O6. The molecule has 0 aromatic heterocycles. The van der Waals surface area contributed by atoms with Crippen molar-refractivity contribution in [2.75, 3.05) is 45.8 Å². The van der Waals surface area contributed by atoms with E-state index in [1.165, 1.54) is 25.7 Å². The number of hydrogen-bond acceptors (Lipinski definition) is 9. The van der Waals surface area contributed by atoms with Crippen molar-refractivity contribution < 1.29 is 42.6 Å². The molecule has 1 aromatic rings. The second kappa shape index (κ2) is 32.1. The van der Waals surface area contributed by atoms with Gasteiger partial charge in [0.2, 0.25) is 17.7 Å². The highest BCUT2D eigenvalue weighted by molar-refractivity contribution is 5.87. The quantitative estimate of drug-likeness (QED) is 0.0308. The van der Waals surface area contributed by atoms with Crippen molar-refractivity contribution in [3.8, 4) is 5.75 Å².